The Morgan fingerprint density at radius 2 is 1.29 bits per heavy atom. The van der Waals surface area contributed by atoms with Gasteiger partial charge in [-0.3, -0.25) is 0 Å². The van der Waals surface area contributed by atoms with Crippen LogP contribution in [0.3, 0.4) is 0 Å². The van der Waals surface area contributed by atoms with Crippen LogP contribution in [0, 0.1) is 0 Å². The normalized spacial score (nSPS) is 13.7. The fraction of sp³-hybridized carbons (Fsp3) is 0.0769. The maximum absolute atomic E-state index is 10.2. The maximum Gasteiger partial charge on any atom is 0.137 e. The van der Waals surface area contributed by atoms with Crippen LogP contribution in [0.15, 0.2) is 36.4 Å². The molecule has 1 aliphatic heterocycles. The number of ether oxygens (including phenoxy) is 1. The first-order chi connectivity index (χ1) is 8.15. The van der Waals surface area contributed by atoms with E-state index in [1.54, 1.807) is 12.1 Å². The van der Waals surface area contributed by atoms with Crippen molar-refractivity contribution in [1.29, 1.82) is 0 Å². The topological polar surface area (TPSA) is 69.9 Å². The van der Waals surface area contributed by atoms with E-state index in [1.165, 1.54) is 24.3 Å². The van der Waals surface area contributed by atoms with Gasteiger partial charge in [0, 0.05) is 23.3 Å². The Balaban J connectivity index is 2.17. The van der Waals surface area contributed by atoms with Gasteiger partial charge in [0.1, 0.15) is 29.1 Å². The van der Waals surface area contributed by atoms with Crippen molar-refractivity contribution >= 4 is 0 Å². The lowest BCUT2D eigenvalue weighted by Crippen LogP contribution is -2.09. The predicted octanol–water partition coefficient (Wildman–Crippen LogP) is 2.29. The van der Waals surface area contributed by atoms with Crippen molar-refractivity contribution in [1.82, 2.24) is 0 Å². The Hall–Kier alpha value is -2.20. The first-order valence-electron chi connectivity index (χ1n) is 5.17. The van der Waals surface area contributed by atoms with Gasteiger partial charge in [0.2, 0.25) is 0 Å². The number of aliphatic hydroxyl groups is 1. The Labute approximate surface area is 97.3 Å². The van der Waals surface area contributed by atoms with Crippen LogP contribution >= 0.6 is 0 Å². The Morgan fingerprint density at radius 3 is 1.76 bits per heavy atom. The second-order valence-corrected chi connectivity index (χ2v) is 3.95. The molecule has 0 bridgehead atoms. The molecular weight excluding hydrogens is 220 g/mol. The average molecular weight is 230 g/mol. The van der Waals surface area contributed by atoms with Crippen molar-refractivity contribution in [3.05, 3.63) is 47.5 Å². The minimum atomic E-state index is -0.810. The third-order valence-electron chi connectivity index (χ3n) is 2.80. The molecule has 3 N–H and O–H groups in total. The lowest BCUT2D eigenvalue weighted by molar-refractivity contribution is 0.202. The van der Waals surface area contributed by atoms with Gasteiger partial charge >= 0.3 is 0 Å². The highest BCUT2D eigenvalue weighted by Gasteiger charge is 2.25. The van der Waals surface area contributed by atoms with Gasteiger partial charge in [0.05, 0.1) is 0 Å². The van der Waals surface area contributed by atoms with E-state index in [0.29, 0.717) is 22.6 Å². The van der Waals surface area contributed by atoms with Crippen molar-refractivity contribution < 1.29 is 20.1 Å². The third kappa shape index (κ3) is 1.50. The molecule has 1 heterocycles. The monoisotopic (exact) mass is 230 g/mol. The Bertz CT molecular complexity index is 540. The molecule has 17 heavy (non-hydrogen) atoms. The van der Waals surface area contributed by atoms with Crippen LogP contribution in [0.5, 0.6) is 23.0 Å². The summed E-state index contributed by atoms with van der Waals surface area (Å²) in [6.45, 7) is 0. The van der Waals surface area contributed by atoms with Crippen LogP contribution < -0.4 is 4.74 Å². The standard InChI is InChI=1S/C13H10O4/c14-7-1-3-9-11(5-7)17-12-6-8(15)2-4-10(12)13(9)16/h1-6,13-16H. The van der Waals surface area contributed by atoms with Crippen LogP contribution in [0.2, 0.25) is 0 Å². The third-order valence-corrected chi connectivity index (χ3v) is 2.80. The molecule has 0 unspecified atom stereocenters. The molecule has 1 aliphatic rings. The largest absolute Gasteiger partial charge is 0.508 e. The SMILES string of the molecule is Oc1ccc2c(c1)Oc1cc(O)ccc1C2O. The quantitative estimate of drug-likeness (QED) is 0.649. The Kier molecular flexibility index (Phi) is 2.00. The summed E-state index contributed by atoms with van der Waals surface area (Å²) in [4.78, 5) is 0. The van der Waals surface area contributed by atoms with Gasteiger partial charge in [-0.25, -0.2) is 0 Å². The lowest BCUT2D eigenvalue weighted by atomic mass is 9.97. The van der Waals surface area contributed by atoms with Gasteiger partial charge in [-0.1, -0.05) is 0 Å². The van der Waals surface area contributed by atoms with Gasteiger partial charge in [-0.05, 0) is 24.3 Å². The van der Waals surface area contributed by atoms with E-state index in [1.807, 2.05) is 0 Å². The summed E-state index contributed by atoms with van der Waals surface area (Å²) in [6, 6.07) is 9.10. The zero-order valence-corrected chi connectivity index (χ0v) is 8.79. The van der Waals surface area contributed by atoms with Crippen LogP contribution in [-0.4, -0.2) is 15.3 Å². The van der Waals surface area contributed by atoms with Crippen molar-refractivity contribution in [2.75, 3.05) is 0 Å². The fourth-order valence-electron chi connectivity index (χ4n) is 1.96. The molecule has 3 rings (SSSR count). The minimum absolute atomic E-state index is 0.0690. The first-order valence-corrected chi connectivity index (χ1v) is 5.17. The first kappa shape index (κ1) is 9.99. The van der Waals surface area contributed by atoms with Crippen LogP contribution in [-0.2, 0) is 0 Å². The van der Waals surface area contributed by atoms with E-state index in [0.717, 1.165) is 0 Å². The Morgan fingerprint density at radius 1 is 0.824 bits per heavy atom. The summed E-state index contributed by atoms with van der Waals surface area (Å²) in [7, 11) is 0. The van der Waals surface area contributed by atoms with Gasteiger partial charge in [0.25, 0.3) is 0 Å². The molecule has 0 atom stereocenters. The molecule has 2 aromatic rings. The van der Waals surface area contributed by atoms with Gasteiger partial charge < -0.3 is 20.1 Å². The number of hydrogen-bond donors (Lipinski definition) is 3. The molecule has 0 spiro atoms. The van der Waals surface area contributed by atoms with Crippen molar-refractivity contribution in [2.45, 2.75) is 6.10 Å². The zero-order chi connectivity index (χ0) is 12.0. The van der Waals surface area contributed by atoms with Gasteiger partial charge in [0.15, 0.2) is 0 Å². The molecule has 0 saturated heterocycles. The average Bonchev–Trinajstić information content (AvgIpc) is 2.28. The summed E-state index contributed by atoms with van der Waals surface area (Å²) in [5.41, 5.74) is 1.20. The smallest absolute Gasteiger partial charge is 0.137 e. The number of aliphatic hydroxyl groups excluding tert-OH is 1. The molecule has 0 aliphatic carbocycles. The van der Waals surface area contributed by atoms with E-state index < -0.39 is 6.10 Å². The summed E-state index contributed by atoms with van der Waals surface area (Å²) < 4.78 is 5.53. The van der Waals surface area contributed by atoms with Crippen LogP contribution in [0.4, 0.5) is 0 Å². The number of phenols is 2. The second-order valence-electron chi connectivity index (χ2n) is 3.95. The molecule has 0 saturated carbocycles. The molecule has 0 amide bonds. The predicted molar refractivity (Wildman–Crippen MR) is 60.3 cm³/mol. The summed E-state index contributed by atoms with van der Waals surface area (Å²) >= 11 is 0. The van der Waals surface area contributed by atoms with E-state index >= 15 is 0 Å². The van der Waals surface area contributed by atoms with E-state index in [2.05, 4.69) is 0 Å². The number of phenolic OH excluding ortho intramolecular Hbond substituents is 2. The highest BCUT2D eigenvalue weighted by Crippen LogP contribution is 2.44. The minimum Gasteiger partial charge on any atom is -0.508 e. The number of hydrogen-bond acceptors (Lipinski definition) is 4. The molecule has 2 aromatic carbocycles. The number of aromatic hydroxyl groups is 2. The van der Waals surface area contributed by atoms with Crippen molar-refractivity contribution in [3.63, 3.8) is 0 Å². The van der Waals surface area contributed by atoms with E-state index in [-0.39, 0.29) is 11.5 Å². The lowest BCUT2D eigenvalue weighted by Gasteiger charge is -2.24. The molecular formula is C13H10O4. The van der Waals surface area contributed by atoms with Gasteiger partial charge in [-0.2, -0.15) is 0 Å². The van der Waals surface area contributed by atoms with Crippen LogP contribution in [0.1, 0.15) is 17.2 Å². The second kappa shape index (κ2) is 3.40. The summed E-state index contributed by atoms with van der Waals surface area (Å²) in [5.74, 6) is 0.935. The molecule has 4 heteroatoms. The van der Waals surface area contributed by atoms with Gasteiger partial charge in [-0.15, -0.1) is 0 Å². The highest BCUT2D eigenvalue weighted by molar-refractivity contribution is 5.55. The van der Waals surface area contributed by atoms with E-state index in [4.69, 9.17) is 4.74 Å². The van der Waals surface area contributed by atoms with Crippen LogP contribution in [0.25, 0.3) is 0 Å². The molecule has 86 valence electrons. The summed E-state index contributed by atoms with van der Waals surface area (Å²) in [6.07, 6.45) is -0.810. The zero-order valence-electron chi connectivity index (χ0n) is 8.79. The number of benzene rings is 2. The number of fused-ring (bicyclic) bond motifs is 2. The fourth-order valence-corrected chi connectivity index (χ4v) is 1.96. The molecule has 0 fully saturated rings. The highest BCUT2D eigenvalue weighted by atomic mass is 16.5. The van der Waals surface area contributed by atoms with Crippen molar-refractivity contribution in [3.8, 4) is 23.0 Å². The van der Waals surface area contributed by atoms with E-state index in [9.17, 15) is 15.3 Å². The molecule has 4 nitrogen and oxygen atoms in total. The summed E-state index contributed by atoms with van der Waals surface area (Å²) in [5, 5.41) is 28.9. The number of rotatable bonds is 0. The maximum atomic E-state index is 10.2. The molecule has 0 aromatic heterocycles. The molecule has 0 radical (unpaired) electrons. The van der Waals surface area contributed by atoms with Crippen molar-refractivity contribution in [2.24, 2.45) is 0 Å².